The Morgan fingerprint density at radius 3 is 2.79 bits per heavy atom. The molecule has 0 bridgehead atoms. The van der Waals surface area contributed by atoms with E-state index in [9.17, 15) is 4.79 Å². The van der Waals surface area contributed by atoms with Crippen molar-refractivity contribution in [2.75, 3.05) is 13.2 Å². The van der Waals surface area contributed by atoms with Gasteiger partial charge in [0.05, 0.1) is 13.2 Å². The van der Waals surface area contributed by atoms with Gasteiger partial charge in [-0.15, -0.1) is 12.4 Å². The summed E-state index contributed by atoms with van der Waals surface area (Å²) in [4.78, 5) is 11.2. The van der Waals surface area contributed by atoms with Crippen LogP contribution in [0.4, 0.5) is 0 Å². The quantitative estimate of drug-likeness (QED) is 0.614. The minimum absolute atomic E-state index is 0. The van der Waals surface area contributed by atoms with Crippen LogP contribution in [-0.2, 0) is 16.0 Å². The van der Waals surface area contributed by atoms with E-state index in [4.69, 9.17) is 15.6 Å². The number of carbonyl (C=O) groups is 1. The maximum absolute atomic E-state index is 11.2. The Morgan fingerprint density at radius 2 is 2.16 bits per heavy atom. The first-order valence-electron chi connectivity index (χ1n) is 5.96. The Balaban J connectivity index is 0.00000324. The van der Waals surface area contributed by atoms with E-state index >= 15 is 0 Å². The van der Waals surface area contributed by atoms with Crippen LogP contribution < -0.4 is 5.73 Å². The Bertz CT molecular complexity index is 421. The fraction of sp³-hybridized carbons (Fsp3) is 0.357. The molecule has 19 heavy (non-hydrogen) atoms. The summed E-state index contributed by atoms with van der Waals surface area (Å²) in [5, 5.41) is 8.96. The molecule has 0 saturated carbocycles. The number of aliphatic hydroxyl groups excluding tert-OH is 1. The summed E-state index contributed by atoms with van der Waals surface area (Å²) >= 11 is 0. The molecule has 4 nitrogen and oxygen atoms in total. The predicted octanol–water partition coefficient (Wildman–Crippen LogP) is 1.55. The highest BCUT2D eigenvalue weighted by molar-refractivity contribution is 5.87. The van der Waals surface area contributed by atoms with Gasteiger partial charge in [-0.05, 0) is 30.5 Å². The smallest absolute Gasteiger partial charge is 0.330 e. The molecular formula is C14H20ClNO3. The normalized spacial score (nSPS) is 11.9. The van der Waals surface area contributed by atoms with Gasteiger partial charge in [0, 0.05) is 12.1 Å². The molecule has 1 atom stereocenters. The molecule has 0 spiro atoms. The lowest BCUT2D eigenvalue weighted by Gasteiger charge is -2.10. The SMILES string of the molecule is CCOC(=O)/C=C/c1ccccc1CC(N)CO.Cl. The summed E-state index contributed by atoms with van der Waals surface area (Å²) in [5.74, 6) is -0.362. The fourth-order valence-electron chi connectivity index (χ4n) is 1.58. The van der Waals surface area contributed by atoms with Gasteiger partial charge >= 0.3 is 5.97 Å². The molecule has 1 aromatic carbocycles. The van der Waals surface area contributed by atoms with Crippen LogP contribution in [0.5, 0.6) is 0 Å². The molecule has 0 aromatic heterocycles. The summed E-state index contributed by atoms with van der Waals surface area (Å²) < 4.78 is 4.82. The topological polar surface area (TPSA) is 72.5 Å². The zero-order valence-electron chi connectivity index (χ0n) is 10.9. The third-order valence-corrected chi connectivity index (χ3v) is 2.46. The molecule has 3 N–H and O–H groups in total. The minimum Gasteiger partial charge on any atom is -0.463 e. The van der Waals surface area contributed by atoms with E-state index < -0.39 is 0 Å². The van der Waals surface area contributed by atoms with Crippen LogP contribution in [0.15, 0.2) is 30.3 Å². The summed E-state index contributed by atoms with van der Waals surface area (Å²) in [6, 6.07) is 7.33. The Kier molecular flexibility index (Phi) is 8.87. The molecule has 0 radical (unpaired) electrons. The third-order valence-electron chi connectivity index (χ3n) is 2.46. The van der Waals surface area contributed by atoms with Crippen molar-refractivity contribution in [2.24, 2.45) is 5.73 Å². The van der Waals surface area contributed by atoms with Gasteiger partial charge in [-0.3, -0.25) is 0 Å². The van der Waals surface area contributed by atoms with Crippen LogP contribution in [0.1, 0.15) is 18.1 Å². The predicted molar refractivity (Wildman–Crippen MR) is 78.1 cm³/mol. The van der Waals surface area contributed by atoms with Gasteiger partial charge in [0.25, 0.3) is 0 Å². The van der Waals surface area contributed by atoms with E-state index in [1.54, 1.807) is 13.0 Å². The lowest BCUT2D eigenvalue weighted by molar-refractivity contribution is -0.137. The lowest BCUT2D eigenvalue weighted by Crippen LogP contribution is -2.27. The molecule has 0 amide bonds. The zero-order valence-corrected chi connectivity index (χ0v) is 11.7. The van der Waals surface area contributed by atoms with Crippen molar-refractivity contribution in [1.82, 2.24) is 0 Å². The van der Waals surface area contributed by atoms with E-state index in [0.717, 1.165) is 11.1 Å². The van der Waals surface area contributed by atoms with Gasteiger partial charge in [0.2, 0.25) is 0 Å². The first-order valence-corrected chi connectivity index (χ1v) is 5.96. The van der Waals surface area contributed by atoms with Gasteiger partial charge < -0.3 is 15.6 Å². The van der Waals surface area contributed by atoms with Crippen molar-refractivity contribution >= 4 is 24.5 Å². The average molecular weight is 286 g/mol. The molecule has 0 aliphatic heterocycles. The number of nitrogens with two attached hydrogens (primary N) is 1. The molecule has 1 aromatic rings. The zero-order chi connectivity index (χ0) is 13.4. The Morgan fingerprint density at radius 1 is 1.47 bits per heavy atom. The van der Waals surface area contributed by atoms with Gasteiger partial charge in [0.1, 0.15) is 0 Å². The van der Waals surface area contributed by atoms with Crippen molar-refractivity contribution in [3.8, 4) is 0 Å². The molecule has 0 saturated heterocycles. The molecule has 0 aliphatic rings. The van der Waals surface area contributed by atoms with Gasteiger partial charge in [0.15, 0.2) is 0 Å². The number of rotatable bonds is 6. The van der Waals surface area contributed by atoms with E-state index in [1.807, 2.05) is 24.3 Å². The van der Waals surface area contributed by atoms with Crippen LogP contribution in [0.25, 0.3) is 6.08 Å². The van der Waals surface area contributed by atoms with E-state index in [2.05, 4.69) is 0 Å². The number of aliphatic hydroxyl groups is 1. The summed E-state index contributed by atoms with van der Waals surface area (Å²) in [6.45, 7) is 2.07. The maximum Gasteiger partial charge on any atom is 0.330 e. The standard InChI is InChI=1S/C14H19NO3.ClH/c1-2-18-14(17)8-7-11-5-3-4-6-12(11)9-13(15)10-16;/h3-8,13,16H,2,9-10,15H2,1H3;1H/b8-7+;. The second kappa shape index (κ2) is 9.55. The molecule has 0 heterocycles. The largest absolute Gasteiger partial charge is 0.463 e. The lowest BCUT2D eigenvalue weighted by atomic mass is 10.0. The molecule has 0 aliphatic carbocycles. The number of benzene rings is 1. The van der Waals surface area contributed by atoms with Crippen molar-refractivity contribution in [2.45, 2.75) is 19.4 Å². The van der Waals surface area contributed by atoms with Crippen molar-refractivity contribution in [3.05, 3.63) is 41.5 Å². The number of hydrogen-bond donors (Lipinski definition) is 2. The Labute approximate surface area is 119 Å². The highest BCUT2D eigenvalue weighted by Crippen LogP contribution is 2.12. The van der Waals surface area contributed by atoms with Crippen LogP contribution >= 0.6 is 12.4 Å². The second-order valence-electron chi connectivity index (χ2n) is 3.93. The third kappa shape index (κ3) is 6.38. The van der Waals surface area contributed by atoms with E-state index in [-0.39, 0.29) is 31.0 Å². The van der Waals surface area contributed by atoms with Crippen molar-refractivity contribution < 1.29 is 14.6 Å². The van der Waals surface area contributed by atoms with Crippen LogP contribution in [0, 0.1) is 0 Å². The van der Waals surface area contributed by atoms with Gasteiger partial charge in [-0.1, -0.05) is 24.3 Å². The monoisotopic (exact) mass is 285 g/mol. The number of carbonyl (C=O) groups excluding carboxylic acids is 1. The number of esters is 1. The second-order valence-corrected chi connectivity index (χ2v) is 3.93. The molecule has 0 fully saturated rings. The molecule has 106 valence electrons. The number of ether oxygens (including phenoxy) is 1. The van der Waals surface area contributed by atoms with E-state index in [0.29, 0.717) is 13.0 Å². The first kappa shape index (κ1) is 17.6. The molecule has 5 heteroatoms. The first-order chi connectivity index (χ1) is 8.67. The number of hydrogen-bond acceptors (Lipinski definition) is 4. The maximum atomic E-state index is 11.2. The molecule has 1 unspecified atom stereocenters. The highest BCUT2D eigenvalue weighted by atomic mass is 35.5. The summed E-state index contributed by atoms with van der Waals surface area (Å²) in [6.07, 6.45) is 3.67. The summed E-state index contributed by atoms with van der Waals surface area (Å²) in [5.41, 5.74) is 7.62. The highest BCUT2D eigenvalue weighted by Gasteiger charge is 2.05. The Hall–Kier alpha value is -1.36. The molecule has 1 rings (SSSR count). The van der Waals surface area contributed by atoms with Crippen molar-refractivity contribution in [1.29, 1.82) is 0 Å². The summed E-state index contributed by atoms with van der Waals surface area (Å²) in [7, 11) is 0. The number of halogens is 1. The average Bonchev–Trinajstić information content (AvgIpc) is 2.38. The molecular weight excluding hydrogens is 266 g/mol. The van der Waals surface area contributed by atoms with Crippen LogP contribution in [0.2, 0.25) is 0 Å². The van der Waals surface area contributed by atoms with E-state index in [1.165, 1.54) is 6.08 Å². The van der Waals surface area contributed by atoms with Gasteiger partial charge in [-0.2, -0.15) is 0 Å². The minimum atomic E-state index is -0.362. The van der Waals surface area contributed by atoms with Crippen molar-refractivity contribution in [3.63, 3.8) is 0 Å². The van der Waals surface area contributed by atoms with Gasteiger partial charge in [-0.25, -0.2) is 4.79 Å². The van der Waals surface area contributed by atoms with Crippen LogP contribution in [-0.4, -0.2) is 30.3 Å². The fourth-order valence-corrected chi connectivity index (χ4v) is 1.58. The van der Waals surface area contributed by atoms with Crippen LogP contribution in [0.3, 0.4) is 0 Å².